The minimum absolute atomic E-state index is 0.199. The number of hydrogen-bond acceptors (Lipinski definition) is 4. The molecule has 0 saturated heterocycles. The molecule has 0 unspecified atom stereocenters. The normalized spacial score (nSPS) is 17.2. The van der Waals surface area contributed by atoms with Crippen molar-refractivity contribution in [2.75, 3.05) is 5.88 Å². The topological polar surface area (TPSA) is 55.2 Å². The second kappa shape index (κ2) is 2.04. The van der Waals surface area contributed by atoms with Crippen molar-refractivity contribution in [3.63, 3.8) is 0 Å². The summed E-state index contributed by atoms with van der Waals surface area (Å²) in [6, 6.07) is 0. The first-order valence-electron chi connectivity index (χ1n) is 2.01. The lowest BCUT2D eigenvalue weighted by atomic mass is 10.9. The van der Waals surface area contributed by atoms with E-state index in [9.17, 15) is 10.1 Å². The summed E-state index contributed by atoms with van der Waals surface area (Å²) in [6.07, 6.45) is 1.41. The highest BCUT2D eigenvalue weighted by molar-refractivity contribution is 8.02. The molecule has 1 N–H and O–H groups in total. The zero-order chi connectivity index (χ0) is 5.98. The monoisotopic (exact) mass is 132 g/mol. The molecule has 0 aliphatic carbocycles. The molecule has 0 aromatic heterocycles. The standard InChI is InChI=1S/C3H4N2O2S/c6-5(7)3-1-4-2-8-3/h1,4H,2H2. The average molecular weight is 132 g/mol. The fraction of sp³-hybridized carbons (Fsp3) is 0.333. The molecule has 0 atom stereocenters. The van der Waals surface area contributed by atoms with E-state index in [1.54, 1.807) is 0 Å². The molecule has 4 nitrogen and oxygen atoms in total. The lowest BCUT2D eigenvalue weighted by Gasteiger charge is -1.82. The Labute approximate surface area is 50.1 Å². The molecule has 0 amide bonds. The molecular formula is C3H4N2O2S. The Hall–Kier alpha value is -0.710. The summed E-state index contributed by atoms with van der Waals surface area (Å²) in [5.74, 6) is 0.621. The molecule has 5 heteroatoms. The minimum Gasteiger partial charge on any atom is -0.375 e. The molecular weight excluding hydrogens is 128 g/mol. The Morgan fingerprint density at radius 1 is 2.00 bits per heavy atom. The van der Waals surface area contributed by atoms with Crippen LogP contribution in [0.25, 0.3) is 0 Å². The molecule has 1 aliphatic heterocycles. The summed E-state index contributed by atoms with van der Waals surface area (Å²) < 4.78 is 0. The summed E-state index contributed by atoms with van der Waals surface area (Å²) in [5, 5.41) is 12.8. The van der Waals surface area contributed by atoms with E-state index in [0.29, 0.717) is 5.88 Å². The fourth-order valence-corrected chi connectivity index (χ4v) is 0.978. The van der Waals surface area contributed by atoms with Crippen LogP contribution in [0.5, 0.6) is 0 Å². The highest BCUT2D eigenvalue weighted by atomic mass is 32.2. The van der Waals surface area contributed by atoms with E-state index in [0.717, 1.165) is 0 Å². The predicted molar refractivity (Wildman–Crippen MR) is 30.7 cm³/mol. The van der Waals surface area contributed by atoms with Crippen LogP contribution in [0, 0.1) is 10.1 Å². The van der Waals surface area contributed by atoms with Crippen molar-refractivity contribution >= 4 is 11.8 Å². The van der Waals surface area contributed by atoms with Crippen LogP contribution in [-0.2, 0) is 0 Å². The molecule has 0 aromatic rings. The minimum atomic E-state index is -0.398. The highest BCUT2D eigenvalue weighted by Crippen LogP contribution is 2.17. The van der Waals surface area contributed by atoms with E-state index >= 15 is 0 Å². The molecule has 0 saturated carbocycles. The van der Waals surface area contributed by atoms with Crippen molar-refractivity contribution < 1.29 is 4.92 Å². The van der Waals surface area contributed by atoms with Crippen molar-refractivity contribution in [2.24, 2.45) is 0 Å². The van der Waals surface area contributed by atoms with Gasteiger partial charge in [0.25, 0.3) is 0 Å². The lowest BCUT2D eigenvalue weighted by Crippen LogP contribution is -1.94. The highest BCUT2D eigenvalue weighted by Gasteiger charge is 2.14. The SMILES string of the molecule is O=[N+]([O-])C1=CNCS1. The Morgan fingerprint density at radius 2 is 2.75 bits per heavy atom. The fourth-order valence-electron chi connectivity index (χ4n) is 0.392. The van der Waals surface area contributed by atoms with E-state index in [-0.39, 0.29) is 5.03 Å². The quantitative estimate of drug-likeness (QED) is 0.413. The van der Waals surface area contributed by atoms with Gasteiger partial charge in [-0.1, -0.05) is 0 Å². The summed E-state index contributed by atoms with van der Waals surface area (Å²) in [5.41, 5.74) is 0. The van der Waals surface area contributed by atoms with Gasteiger partial charge in [0.05, 0.1) is 17.0 Å². The molecule has 0 aromatic carbocycles. The maximum atomic E-state index is 9.88. The van der Waals surface area contributed by atoms with Gasteiger partial charge in [-0.25, -0.2) is 0 Å². The zero-order valence-electron chi connectivity index (χ0n) is 3.96. The first-order valence-corrected chi connectivity index (χ1v) is 3.00. The van der Waals surface area contributed by atoms with Crippen LogP contribution in [0.4, 0.5) is 0 Å². The zero-order valence-corrected chi connectivity index (χ0v) is 4.77. The van der Waals surface area contributed by atoms with Crippen molar-refractivity contribution in [3.8, 4) is 0 Å². The van der Waals surface area contributed by atoms with Crippen LogP contribution in [0.2, 0.25) is 0 Å². The van der Waals surface area contributed by atoms with Crippen molar-refractivity contribution in [3.05, 3.63) is 21.3 Å². The molecule has 0 radical (unpaired) electrons. The van der Waals surface area contributed by atoms with Gasteiger partial charge in [-0.15, -0.1) is 0 Å². The number of rotatable bonds is 1. The number of nitro groups is 1. The van der Waals surface area contributed by atoms with Gasteiger partial charge < -0.3 is 5.32 Å². The van der Waals surface area contributed by atoms with Crippen molar-refractivity contribution in [2.45, 2.75) is 0 Å². The van der Waals surface area contributed by atoms with Gasteiger partial charge in [0, 0.05) is 0 Å². The van der Waals surface area contributed by atoms with Crippen molar-refractivity contribution in [1.29, 1.82) is 0 Å². The summed E-state index contributed by atoms with van der Waals surface area (Å²) in [7, 11) is 0. The van der Waals surface area contributed by atoms with E-state index in [1.807, 2.05) is 0 Å². The summed E-state index contributed by atoms with van der Waals surface area (Å²) in [6.45, 7) is 0. The third-order valence-corrected chi connectivity index (χ3v) is 1.58. The van der Waals surface area contributed by atoms with Crippen molar-refractivity contribution in [1.82, 2.24) is 5.32 Å². The first kappa shape index (κ1) is 5.43. The third-order valence-electron chi connectivity index (χ3n) is 0.709. The molecule has 1 aliphatic rings. The Morgan fingerprint density at radius 3 is 3.00 bits per heavy atom. The van der Waals surface area contributed by atoms with E-state index in [1.165, 1.54) is 18.0 Å². The summed E-state index contributed by atoms with van der Waals surface area (Å²) >= 11 is 1.20. The Balaban J connectivity index is 2.57. The van der Waals surface area contributed by atoms with Gasteiger partial charge in [0.2, 0.25) is 0 Å². The molecule has 44 valence electrons. The van der Waals surface area contributed by atoms with Crippen LogP contribution >= 0.6 is 11.8 Å². The van der Waals surface area contributed by atoms with Gasteiger partial charge in [-0.05, 0) is 11.8 Å². The van der Waals surface area contributed by atoms with Gasteiger partial charge in [0.15, 0.2) is 0 Å². The molecule has 1 rings (SSSR count). The third kappa shape index (κ3) is 0.919. The second-order valence-electron chi connectivity index (χ2n) is 1.23. The molecule has 0 fully saturated rings. The van der Waals surface area contributed by atoms with Crippen LogP contribution < -0.4 is 5.32 Å². The first-order chi connectivity index (χ1) is 3.80. The molecule has 8 heavy (non-hydrogen) atoms. The number of nitrogens with zero attached hydrogens (tertiary/aromatic N) is 1. The van der Waals surface area contributed by atoms with Gasteiger partial charge in [-0.3, -0.25) is 10.1 Å². The molecule has 0 spiro atoms. The molecule has 1 heterocycles. The predicted octanol–water partition coefficient (Wildman–Crippen LogP) is 0.356. The lowest BCUT2D eigenvalue weighted by molar-refractivity contribution is -0.410. The van der Waals surface area contributed by atoms with Gasteiger partial charge in [-0.2, -0.15) is 0 Å². The smallest absolute Gasteiger partial charge is 0.320 e. The second-order valence-corrected chi connectivity index (χ2v) is 2.23. The summed E-state index contributed by atoms with van der Waals surface area (Å²) in [4.78, 5) is 9.48. The maximum absolute atomic E-state index is 9.88. The number of hydrogen-bond donors (Lipinski definition) is 1. The van der Waals surface area contributed by atoms with Gasteiger partial charge >= 0.3 is 5.03 Å². The van der Waals surface area contributed by atoms with Gasteiger partial charge in [0.1, 0.15) is 0 Å². The van der Waals surface area contributed by atoms with Crippen LogP contribution in [-0.4, -0.2) is 10.8 Å². The van der Waals surface area contributed by atoms with Crippen LogP contribution in [0.3, 0.4) is 0 Å². The molecule has 0 bridgehead atoms. The van der Waals surface area contributed by atoms with E-state index < -0.39 is 4.92 Å². The van der Waals surface area contributed by atoms with Crippen LogP contribution in [0.15, 0.2) is 11.2 Å². The number of nitrogens with one attached hydrogen (secondary N) is 1. The maximum Gasteiger partial charge on any atom is 0.320 e. The number of thioether (sulfide) groups is 1. The largest absolute Gasteiger partial charge is 0.375 e. The Kier molecular flexibility index (Phi) is 1.38. The van der Waals surface area contributed by atoms with Crippen LogP contribution in [0.1, 0.15) is 0 Å². The Bertz CT molecular complexity index is 144. The van der Waals surface area contributed by atoms with E-state index in [4.69, 9.17) is 0 Å². The van der Waals surface area contributed by atoms with E-state index in [2.05, 4.69) is 5.32 Å². The average Bonchev–Trinajstić information content (AvgIpc) is 2.12.